The van der Waals surface area contributed by atoms with Crippen molar-refractivity contribution in [1.29, 1.82) is 5.26 Å². The first kappa shape index (κ1) is 8.66. The number of hydrogen-bond acceptors (Lipinski definition) is 1. The van der Waals surface area contributed by atoms with Crippen molar-refractivity contribution in [1.82, 2.24) is 0 Å². The predicted molar refractivity (Wildman–Crippen MR) is 40.8 cm³/mol. The SMILES string of the molecule is N#CC(c1ccccc1)C(F)F. The summed E-state index contributed by atoms with van der Waals surface area (Å²) in [6.07, 6.45) is -2.61. The number of alkyl halides is 2. The molecule has 0 bridgehead atoms. The number of nitriles is 1. The lowest BCUT2D eigenvalue weighted by molar-refractivity contribution is 0.134. The molecule has 1 nitrogen and oxygen atoms in total. The molecule has 0 aliphatic carbocycles. The number of halogens is 2. The third kappa shape index (κ3) is 1.79. The third-order valence-electron chi connectivity index (χ3n) is 1.55. The molecule has 0 radical (unpaired) electrons. The molecule has 1 unspecified atom stereocenters. The summed E-state index contributed by atoms with van der Waals surface area (Å²) in [7, 11) is 0. The van der Waals surface area contributed by atoms with Crippen molar-refractivity contribution in [3.8, 4) is 6.07 Å². The first-order chi connectivity index (χ1) is 5.75. The van der Waals surface area contributed by atoms with Crippen LogP contribution in [0.3, 0.4) is 0 Å². The summed E-state index contributed by atoms with van der Waals surface area (Å²) in [6.45, 7) is 0. The molecule has 0 aliphatic heterocycles. The van der Waals surface area contributed by atoms with Crippen molar-refractivity contribution in [2.24, 2.45) is 0 Å². The van der Waals surface area contributed by atoms with Gasteiger partial charge in [0.25, 0.3) is 6.43 Å². The zero-order valence-corrected chi connectivity index (χ0v) is 6.24. The van der Waals surface area contributed by atoms with E-state index in [4.69, 9.17) is 5.26 Å². The van der Waals surface area contributed by atoms with E-state index in [0.717, 1.165) is 0 Å². The largest absolute Gasteiger partial charge is 0.258 e. The molecule has 0 fully saturated rings. The molecule has 12 heavy (non-hydrogen) atoms. The molecule has 0 spiro atoms. The van der Waals surface area contributed by atoms with Crippen molar-refractivity contribution in [3.05, 3.63) is 35.9 Å². The highest BCUT2D eigenvalue weighted by Gasteiger charge is 2.20. The second-order valence-electron chi connectivity index (χ2n) is 2.35. The van der Waals surface area contributed by atoms with Gasteiger partial charge in [-0.2, -0.15) is 5.26 Å². The van der Waals surface area contributed by atoms with Gasteiger partial charge in [-0.3, -0.25) is 0 Å². The zero-order chi connectivity index (χ0) is 8.97. The highest BCUT2D eigenvalue weighted by Crippen LogP contribution is 2.21. The Kier molecular flexibility index (Phi) is 2.76. The van der Waals surface area contributed by atoms with Gasteiger partial charge in [0, 0.05) is 0 Å². The van der Waals surface area contributed by atoms with Crippen molar-refractivity contribution in [2.75, 3.05) is 0 Å². The van der Waals surface area contributed by atoms with E-state index in [0.29, 0.717) is 5.56 Å². The van der Waals surface area contributed by atoms with Crippen LogP contribution in [-0.4, -0.2) is 6.43 Å². The topological polar surface area (TPSA) is 23.8 Å². The molecule has 1 atom stereocenters. The molecule has 0 aromatic heterocycles. The van der Waals surface area contributed by atoms with E-state index >= 15 is 0 Å². The number of benzene rings is 1. The Labute approximate surface area is 69.2 Å². The highest BCUT2D eigenvalue weighted by molar-refractivity contribution is 5.25. The van der Waals surface area contributed by atoms with E-state index < -0.39 is 12.3 Å². The van der Waals surface area contributed by atoms with Gasteiger partial charge in [0.05, 0.1) is 6.07 Å². The minimum absolute atomic E-state index is 0.370. The Morgan fingerprint density at radius 2 is 1.75 bits per heavy atom. The summed E-state index contributed by atoms with van der Waals surface area (Å²) < 4.78 is 24.3. The minimum atomic E-state index is -2.61. The average molecular weight is 167 g/mol. The van der Waals surface area contributed by atoms with Gasteiger partial charge in [-0.15, -0.1) is 0 Å². The Morgan fingerprint density at radius 3 is 2.17 bits per heavy atom. The van der Waals surface area contributed by atoms with Crippen LogP contribution in [0.5, 0.6) is 0 Å². The fraction of sp³-hybridized carbons (Fsp3) is 0.222. The van der Waals surface area contributed by atoms with E-state index in [9.17, 15) is 8.78 Å². The van der Waals surface area contributed by atoms with Crippen molar-refractivity contribution < 1.29 is 8.78 Å². The van der Waals surface area contributed by atoms with Crippen LogP contribution in [0.2, 0.25) is 0 Å². The van der Waals surface area contributed by atoms with Crippen LogP contribution in [0.1, 0.15) is 11.5 Å². The molecular formula is C9H7F2N. The van der Waals surface area contributed by atoms with E-state index in [1.165, 1.54) is 12.1 Å². The van der Waals surface area contributed by atoms with Crippen LogP contribution in [-0.2, 0) is 0 Å². The van der Waals surface area contributed by atoms with E-state index in [2.05, 4.69) is 0 Å². The summed E-state index contributed by atoms with van der Waals surface area (Å²) in [6, 6.07) is 9.63. The summed E-state index contributed by atoms with van der Waals surface area (Å²) in [5, 5.41) is 8.42. The first-order valence-electron chi connectivity index (χ1n) is 3.48. The number of hydrogen-bond donors (Lipinski definition) is 0. The highest BCUT2D eigenvalue weighted by atomic mass is 19.3. The Hall–Kier alpha value is -1.43. The van der Waals surface area contributed by atoms with Crippen LogP contribution in [0.25, 0.3) is 0 Å². The molecule has 0 saturated heterocycles. The molecule has 1 rings (SSSR count). The monoisotopic (exact) mass is 167 g/mol. The lowest BCUT2D eigenvalue weighted by Gasteiger charge is -2.06. The smallest absolute Gasteiger partial charge is 0.209 e. The second kappa shape index (κ2) is 3.82. The summed E-state index contributed by atoms with van der Waals surface area (Å²) in [5.74, 6) is -1.30. The number of rotatable bonds is 2. The Morgan fingerprint density at radius 1 is 1.17 bits per heavy atom. The lowest BCUT2D eigenvalue weighted by Crippen LogP contribution is -2.05. The molecule has 0 aliphatic rings. The molecule has 0 amide bonds. The molecule has 0 N–H and O–H groups in total. The summed E-state index contributed by atoms with van der Waals surface area (Å²) in [5.41, 5.74) is 0.370. The van der Waals surface area contributed by atoms with E-state index in [1.807, 2.05) is 0 Å². The Bertz CT molecular complexity index is 276. The standard InChI is InChI=1S/C9H7F2N/c10-9(11)8(6-12)7-4-2-1-3-5-7/h1-5,8-9H. The van der Waals surface area contributed by atoms with Crippen molar-refractivity contribution >= 4 is 0 Å². The molecule has 1 aromatic carbocycles. The summed E-state index contributed by atoms with van der Waals surface area (Å²) >= 11 is 0. The summed E-state index contributed by atoms with van der Waals surface area (Å²) in [4.78, 5) is 0. The molecular weight excluding hydrogens is 160 g/mol. The maximum Gasteiger partial charge on any atom is 0.258 e. The molecule has 3 heteroatoms. The van der Waals surface area contributed by atoms with Crippen LogP contribution in [0.4, 0.5) is 8.78 Å². The van der Waals surface area contributed by atoms with Gasteiger partial charge in [0.2, 0.25) is 0 Å². The van der Waals surface area contributed by atoms with Crippen molar-refractivity contribution in [2.45, 2.75) is 12.3 Å². The van der Waals surface area contributed by atoms with Gasteiger partial charge >= 0.3 is 0 Å². The normalized spacial score (nSPS) is 12.5. The van der Waals surface area contributed by atoms with Gasteiger partial charge in [-0.05, 0) is 5.56 Å². The van der Waals surface area contributed by atoms with Gasteiger partial charge in [0.1, 0.15) is 5.92 Å². The Balaban J connectivity index is 2.90. The first-order valence-corrected chi connectivity index (χ1v) is 3.48. The van der Waals surface area contributed by atoms with E-state index in [-0.39, 0.29) is 0 Å². The average Bonchev–Trinajstić information content (AvgIpc) is 2.07. The van der Waals surface area contributed by atoms with E-state index in [1.54, 1.807) is 24.3 Å². The predicted octanol–water partition coefficient (Wildman–Crippen LogP) is 2.56. The fourth-order valence-electron chi connectivity index (χ4n) is 0.937. The maximum absolute atomic E-state index is 12.2. The molecule has 0 saturated carbocycles. The van der Waals surface area contributed by atoms with Gasteiger partial charge in [0.15, 0.2) is 0 Å². The van der Waals surface area contributed by atoms with Gasteiger partial charge in [-0.1, -0.05) is 30.3 Å². The molecule has 1 aromatic rings. The minimum Gasteiger partial charge on any atom is -0.209 e. The fourth-order valence-corrected chi connectivity index (χ4v) is 0.937. The zero-order valence-electron chi connectivity index (χ0n) is 6.24. The van der Waals surface area contributed by atoms with Crippen LogP contribution in [0.15, 0.2) is 30.3 Å². The number of nitrogens with zero attached hydrogens (tertiary/aromatic N) is 1. The van der Waals surface area contributed by atoms with Crippen LogP contribution >= 0.6 is 0 Å². The lowest BCUT2D eigenvalue weighted by atomic mass is 10.0. The van der Waals surface area contributed by atoms with Crippen LogP contribution < -0.4 is 0 Å². The van der Waals surface area contributed by atoms with Gasteiger partial charge < -0.3 is 0 Å². The third-order valence-corrected chi connectivity index (χ3v) is 1.55. The maximum atomic E-state index is 12.2. The van der Waals surface area contributed by atoms with Crippen LogP contribution in [0, 0.1) is 11.3 Å². The van der Waals surface area contributed by atoms with Gasteiger partial charge in [-0.25, -0.2) is 8.78 Å². The van der Waals surface area contributed by atoms with Crippen molar-refractivity contribution in [3.63, 3.8) is 0 Å². The quantitative estimate of drug-likeness (QED) is 0.664. The molecule has 62 valence electrons. The second-order valence-corrected chi connectivity index (χ2v) is 2.35. The molecule has 0 heterocycles.